The molecule has 0 radical (unpaired) electrons. The Labute approximate surface area is 422 Å². The fourth-order valence-corrected chi connectivity index (χ4v) is 12.7. The predicted molar refractivity (Wildman–Crippen MR) is 304 cm³/mol. The highest BCUT2D eigenvalue weighted by molar-refractivity contribution is 6.19. The number of anilines is 6. The van der Waals surface area contributed by atoms with Gasteiger partial charge < -0.3 is 18.6 Å². The van der Waals surface area contributed by atoms with E-state index in [9.17, 15) is 0 Å². The van der Waals surface area contributed by atoms with E-state index >= 15 is 0 Å². The second-order valence-electron chi connectivity index (χ2n) is 19.2. The van der Waals surface area contributed by atoms with E-state index in [1.165, 1.54) is 55.3 Å². The summed E-state index contributed by atoms with van der Waals surface area (Å²) in [6, 6.07) is 84.3. The molecule has 0 unspecified atom stereocenters. The summed E-state index contributed by atoms with van der Waals surface area (Å²) in [4.78, 5) is 4.88. The van der Waals surface area contributed by atoms with Crippen molar-refractivity contribution in [1.82, 2.24) is 0 Å². The molecule has 1 spiro atoms. The van der Waals surface area contributed by atoms with Crippen LogP contribution in [0, 0.1) is 0 Å². The van der Waals surface area contributed by atoms with E-state index in [-0.39, 0.29) is 0 Å². The molecule has 0 aliphatic heterocycles. The number of benzene rings is 11. The monoisotopic (exact) mass is 932 g/mol. The highest BCUT2D eigenvalue weighted by Crippen LogP contribution is 2.67. The first-order valence-corrected chi connectivity index (χ1v) is 24.9. The van der Waals surface area contributed by atoms with Crippen LogP contribution in [0.5, 0.6) is 0 Å². The van der Waals surface area contributed by atoms with Crippen LogP contribution in [-0.4, -0.2) is 0 Å². The fourth-order valence-electron chi connectivity index (χ4n) is 12.7. The van der Waals surface area contributed by atoms with Gasteiger partial charge in [0.2, 0.25) is 0 Å². The molecule has 11 aromatic carbocycles. The number of para-hydroxylation sites is 3. The van der Waals surface area contributed by atoms with E-state index < -0.39 is 5.41 Å². The number of hydrogen-bond acceptors (Lipinski definition) is 4. The first-order chi connectivity index (χ1) is 36.1. The molecule has 2 aliphatic carbocycles. The van der Waals surface area contributed by atoms with Crippen LogP contribution in [0.3, 0.4) is 0 Å². The van der Waals surface area contributed by atoms with Crippen molar-refractivity contribution >= 4 is 101 Å². The van der Waals surface area contributed by atoms with Gasteiger partial charge in [-0.1, -0.05) is 171 Å². The van der Waals surface area contributed by atoms with Crippen LogP contribution in [0.15, 0.2) is 253 Å². The van der Waals surface area contributed by atoms with Crippen molar-refractivity contribution in [3.8, 4) is 22.3 Å². The van der Waals surface area contributed by atoms with Crippen LogP contribution in [0.4, 0.5) is 34.1 Å². The molecule has 4 heteroatoms. The zero-order valence-electron chi connectivity index (χ0n) is 39.7. The smallest absolute Gasteiger partial charge is 0.135 e. The van der Waals surface area contributed by atoms with E-state index in [1.807, 2.05) is 12.1 Å². The van der Waals surface area contributed by atoms with Gasteiger partial charge >= 0.3 is 0 Å². The topological polar surface area (TPSA) is 32.8 Å². The molecule has 15 rings (SSSR count). The van der Waals surface area contributed by atoms with Gasteiger partial charge in [0, 0.05) is 55.2 Å². The molecule has 0 saturated carbocycles. The lowest BCUT2D eigenvalue weighted by molar-refractivity contribution is 0.603. The quantitative estimate of drug-likeness (QED) is 0.152. The number of fused-ring (bicyclic) bond motifs is 18. The van der Waals surface area contributed by atoms with E-state index in [0.29, 0.717) is 5.76 Å². The van der Waals surface area contributed by atoms with Gasteiger partial charge in [-0.2, -0.15) is 0 Å². The summed E-state index contributed by atoms with van der Waals surface area (Å²) in [5.41, 5.74) is 19.2. The average Bonchev–Trinajstić information content (AvgIpc) is 4.19. The molecule has 2 heterocycles. The summed E-state index contributed by atoms with van der Waals surface area (Å²) in [6.45, 7) is 8.26. The molecule has 342 valence electrons. The lowest BCUT2D eigenvalue weighted by Crippen LogP contribution is -2.26. The van der Waals surface area contributed by atoms with Gasteiger partial charge in [-0.3, -0.25) is 0 Å². The standard InChI is InChI=1S/C69H44N2O2/c1-3-47-55-39-45(35-37-65(55)72-63(47)4-2)70(43-21-7-5-8-22-43)61-41-59-67(53-30-13-11-27-50(53)61)68-54-31-14-12-28-51(54)62(42-60(68)69(59)57-32-18-15-25-48(57)49-26-16-19-33-58(49)69)71(44-23-9-6-10-24-44)46-36-38-66-56(40-46)52-29-17-20-34-64(52)73-66/h3-42H,1-2H2. The van der Waals surface area contributed by atoms with Crippen LogP contribution in [0.2, 0.25) is 0 Å². The SMILES string of the molecule is C=Cc1oc2ccc(N(c3ccccc3)c3cc4c(c5ccccc35)-c3c(cc(N(c5ccccc5)c5ccc6oc7ccccc7c6c5)c5ccccc35)C43c4ccccc4-c4ccccc43)cc2c1C=C. The molecule has 0 fully saturated rings. The maximum absolute atomic E-state index is 6.41. The van der Waals surface area contributed by atoms with Crippen molar-refractivity contribution < 1.29 is 8.83 Å². The predicted octanol–water partition coefficient (Wildman–Crippen LogP) is 19.2. The van der Waals surface area contributed by atoms with Crippen molar-refractivity contribution in [2.75, 3.05) is 9.80 Å². The largest absolute Gasteiger partial charge is 0.456 e. The Balaban J connectivity index is 1.08. The third-order valence-electron chi connectivity index (χ3n) is 15.6. The Kier molecular flexibility index (Phi) is 8.84. The average molecular weight is 933 g/mol. The van der Waals surface area contributed by atoms with Crippen molar-refractivity contribution in [1.29, 1.82) is 0 Å². The Morgan fingerprint density at radius 3 is 1.30 bits per heavy atom. The summed E-state index contributed by atoms with van der Waals surface area (Å²) in [5.74, 6) is 0.711. The molecular formula is C69H44N2O2. The Morgan fingerprint density at radius 2 is 0.767 bits per heavy atom. The molecule has 0 bridgehead atoms. The summed E-state index contributed by atoms with van der Waals surface area (Å²) in [7, 11) is 0. The second-order valence-corrected chi connectivity index (χ2v) is 19.2. The normalized spacial score (nSPS) is 12.9. The molecule has 4 nitrogen and oxygen atoms in total. The molecule has 73 heavy (non-hydrogen) atoms. The van der Waals surface area contributed by atoms with Gasteiger partial charge in [-0.25, -0.2) is 0 Å². The molecule has 2 aromatic heterocycles. The zero-order chi connectivity index (χ0) is 48.4. The van der Waals surface area contributed by atoms with Crippen LogP contribution >= 0.6 is 0 Å². The highest BCUT2D eigenvalue weighted by atomic mass is 16.3. The highest BCUT2D eigenvalue weighted by Gasteiger charge is 2.53. The van der Waals surface area contributed by atoms with Crippen LogP contribution in [0.25, 0.3) is 88.9 Å². The zero-order valence-corrected chi connectivity index (χ0v) is 39.7. The Hall–Kier alpha value is -9.64. The van der Waals surface area contributed by atoms with Gasteiger partial charge in [0.25, 0.3) is 0 Å². The van der Waals surface area contributed by atoms with Crippen LogP contribution in [0.1, 0.15) is 33.6 Å². The summed E-state index contributed by atoms with van der Waals surface area (Å²) >= 11 is 0. The van der Waals surface area contributed by atoms with Crippen molar-refractivity contribution in [2.24, 2.45) is 0 Å². The number of rotatable bonds is 8. The van der Waals surface area contributed by atoms with Crippen LogP contribution < -0.4 is 9.80 Å². The van der Waals surface area contributed by atoms with E-state index in [2.05, 4.69) is 247 Å². The summed E-state index contributed by atoms with van der Waals surface area (Å²) in [6.07, 6.45) is 3.64. The summed E-state index contributed by atoms with van der Waals surface area (Å²) < 4.78 is 12.7. The number of nitrogens with zero attached hydrogens (tertiary/aromatic N) is 2. The lowest BCUT2D eigenvalue weighted by atomic mass is 9.70. The third-order valence-corrected chi connectivity index (χ3v) is 15.6. The number of hydrogen-bond donors (Lipinski definition) is 0. The van der Waals surface area contributed by atoms with Crippen molar-refractivity contribution in [2.45, 2.75) is 5.41 Å². The first kappa shape index (κ1) is 41.2. The van der Waals surface area contributed by atoms with Gasteiger partial charge in [-0.15, -0.1) is 0 Å². The molecule has 0 saturated heterocycles. The maximum Gasteiger partial charge on any atom is 0.135 e. The van der Waals surface area contributed by atoms with Gasteiger partial charge in [0.05, 0.1) is 16.8 Å². The molecular weight excluding hydrogens is 889 g/mol. The van der Waals surface area contributed by atoms with Crippen molar-refractivity contribution in [3.05, 3.63) is 277 Å². The third kappa shape index (κ3) is 5.72. The summed E-state index contributed by atoms with van der Waals surface area (Å²) in [5, 5.41) is 7.86. The first-order valence-electron chi connectivity index (χ1n) is 24.9. The molecule has 0 amide bonds. The van der Waals surface area contributed by atoms with E-state index in [0.717, 1.165) is 83.4 Å². The maximum atomic E-state index is 6.41. The van der Waals surface area contributed by atoms with Gasteiger partial charge in [-0.05, 0) is 140 Å². The fraction of sp³-hybridized carbons (Fsp3) is 0.0145. The number of furan rings is 2. The molecule has 13 aromatic rings. The van der Waals surface area contributed by atoms with Gasteiger partial charge in [0.1, 0.15) is 22.5 Å². The lowest BCUT2D eigenvalue weighted by Gasteiger charge is -2.34. The van der Waals surface area contributed by atoms with E-state index in [1.54, 1.807) is 6.08 Å². The molecule has 0 atom stereocenters. The molecule has 0 N–H and O–H groups in total. The minimum atomic E-state index is -0.714. The van der Waals surface area contributed by atoms with Gasteiger partial charge in [0.15, 0.2) is 0 Å². The second kappa shape index (κ2) is 15.7. The molecule has 2 aliphatic rings. The Bertz CT molecular complexity index is 4400. The Morgan fingerprint density at radius 1 is 0.329 bits per heavy atom. The minimum Gasteiger partial charge on any atom is -0.456 e. The van der Waals surface area contributed by atoms with Crippen LogP contribution in [-0.2, 0) is 5.41 Å². The van der Waals surface area contributed by atoms with E-state index in [4.69, 9.17) is 8.83 Å². The minimum absolute atomic E-state index is 0.711. The van der Waals surface area contributed by atoms with Crippen molar-refractivity contribution in [3.63, 3.8) is 0 Å².